The highest BCUT2D eigenvalue weighted by molar-refractivity contribution is 6.03. The highest BCUT2D eigenvalue weighted by Crippen LogP contribution is 2.16. The molecule has 124 valence electrons. The van der Waals surface area contributed by atoms with Crippen molar-refractivity contribution in [3.05, 3.63) is 84.2 Å². The molecule has 1 aromatic heterocycles. The Hall–Kier alpha value is -3.60. The summed E-state index contributed by atoms with van der Waals surface area (Å²) in [7, 11) is 0. The first-order valence-electron chi connectivity index (χ1n) is 7.82. The molecule has 0 aliphatic carbocycles. The summed E-state index contributed by atoms with van der Waals surface area (Å²) >= 11 is 0. The number of carbonyl (C=O) groups is 1. The summed E-state index contributed by atoms with van der Waals surface area (Å²) in [6, 6.07) is 17.1. The Morgan fingerprint density at radius 1 is 1.00 bits per heavy atom. The molecule has 25 heavy (non-hydrogen) atoms. The van der Waals surface area contributed by atoms with Crippen LogP contribution in [0.3, 0.4) is 0 Å². The zero-order valence-corrected chi connectivity index (χ0v) is 13.5. The van der Waals surface area contributed by atoms with E-state index in [1.807, 2.05) is 60.9 Å². The number of anilines is 2. The van der Waals surface area contributed by atoms with Gasteiger partial charge in [0.1, 0.15) is 0 Å². The van der Waals surface area contributed by atoms with Crippen LogP contribution in [0.25, 0.3) is 18.4 Å². The summed E-state index contributed by atoms with van der Waals surface area (Å²) in [5.41, 5.74) is 8.85. The van der Waals surface area contributed by atoms with Gasteiger partial charge in [-0.05, 0) is 29.8 Å². The number of benzene rings is 2. The zero-order valence-electron chi connectivity index (χ0n) is 13.5. The number of nitrogens with zero attached hydrogens (tertiary/aromatic N) is 2. The zero-order chi connectivity index (χ0) is 17.5. The van der Waals surface area contributed by atoms with Crippen molar-refractivity contribution in [1.29, 1.82) is 0 Å². The van der Waals surface area contributed by atoms with E-state index >= 15 is 0 Å². The lowest BCUT2D eigenvalue weighted by atomic mass is 10.2. The number of hydrogen-bond acceptors (Lipinski definition) is 3. The van der Waals surface area contributed by atoms with E-state index in [1.54, 1.807) is 29.1 Å². The van der Waals surface area contributed by atoms with Crippen molar-refractivity contribution in [2.75, 3.05) is 11.1 Å². The Balaban J connectivity index is 1.61. The maximum Gasteiger partial charge on any atom is 0.248 e. The fraction of sp³-hybridized carbons (Fsp3) is 0. The summed E-state index contributed by atoms with van der Waals surface area (Å²) < 4.78 is 1.69. The predicted molar refractivity (Wildman–Crippen MR) is 102 cm³/mol. The fourth-order valence-electron chi connectivity index (χ4n) is 2.20. The minimum Gasteiger partial charge on any atom is -0.397 e. The smallest absolute Gasteiger partial charge is 0.248 e. The predicted octanol–water partition coefficient (Wildman–Crippen LogP) is 3.75. The normalized spacial score (nSPS) is 11.2. The number of nitrogen functional groups attached to an aromatic ring is 1. The van der Waals surface area contributed by atoms with Gasteiger partial charge in [-0.3, -0.25) is 4.79 Å². The molecule has 0 saturated heterocycles. The molecule has 0 saturated carbocycles. The Morgan fingerprint density at radius 3 is 2.56 bits per heavy atom. The van der Waals surface area contributed by atoms with Crippen LogP contribution in [-0.2, 0) is 4.79 Å². The van der Waals surface area contributed by atoms with Crippen molar-refractivity contribution in [1.82, 2.24) is 9.78 Å². The van der Waals surface area contributed by atoms with E-state index in [1.165, 1.54) is 6.08 Å². The lowest BCUT2D eigenvalue weighted by Crippen LogP contribution is -2.09. The number of rotatable bonds is 5. The SMILES string of the molecule is Nc1ccccc1NC(=O)/C=C/c1cnn(/C=C/c2ccccc2)c1. The maximum absolute atomic E-state index is 12.0. The number of hydrogen-bond donors (Lipinski definition) is 2. The molecule has 1 amide bonds. The summed E-state index contributed by atoms with van der Waals surface area (Å²) in [6.45, 7) is 0. The molecular weight excluding hydrogens is 312 g/mol. The molecule has 3 N–H and O–H groups in total. The molecule has 5 heteroatoms. The first kappa shape index (κ1) is 16.3. The van der Waals surface area contributed by atoms with E-state index in [0.717, 1.165) is 11.1 Å². The molecule has 1 heterocycles. The monoisotopic (exact) mass is 330 g/mol. The first-order chi connectivity index (χ1) is 12.2. The summed E-state index contributed by atoms with van der Waals surface area (Å²) in [5.74, 6) is -0.245. The molecular formula is C20H18N4O. The Labute approximate surface area is 146 Å². The molecule has 0 unspecified atom stereocenters. The second-order valence-corrected chi connectivity index (χ2v) is 5.39. The van der Waals surface area contributed by atoms with Crippen LogP contribution in [0.15, 0.2) is 73.1 Å². The second kappa shape index (κ2) is 7.79. The number of para-hydroxylation sites is 2. The summed E-state index contributed by atoms with van der Waals surface area (Å²) in [6.07, 6.45) is 10.5. The molecule has 3 rings (SSSR count). The van der Waals surface area contributed by atoms with Gasteiger partial charge in [0.15, 0.2) is 0 Å². The molecule has 0 radical (unpaired) electrons. The molecule has 0 fully saturated rings. The largest absolute Gasteiger partial charge is 0.397 e. The van der Waals surface area contributed by atoms with Crippen molar-refractivity contribution in [2.45, 2.75) is 0 Å². The molecule has 0 bridgehead atoms. The highest BCUT2D eigenvalue weighted by atomic mass is 16.1. The maximum atomic E-state index is 12.0. The third-order valence-corrected chi connectivity index (χ3v) is 3.49. The highest BCUT2D eigenvalue weighted by Gasteiger charge is 2.01. The van der Waals surface area contributed by atoms with Gasteiger partial charge in [-0.2, -0.15) is 5.10 Å². The van der Waals surface area contributed by atoms with E-state index < -0.39 is 0 Å². The van der Waals surface area contributed by atoms with Crippen LogP contribution < -0.4 is 11.1 Å². The second-order valence-electron chi connectivity index (χ2n) is 5.39. The number of carbonyl (C=O) groups excluding carboxylic acids is 1. The van der Waals surface area contributed by atoms with Crippen LogP contribution in [0.1, 0.15) is 11.1 Å². The van der Waals surface area contributed by atoms with E-state index in [4.69, 9.17) is 5.73 Å². The van der Waals surface area contributed by atoms with E-state index in [0.29, 0.717) is 11.4 Å². The van der Waals surface area contributed by atoms with Gasteiger partial charge in [0.25, 0.3) is 0 Å². The van der Waals surface area contributed by atoms with Crippen molar-refractivity contribution >= 4 is 35.6 Å². The minimum atomic E-state index is -0.245. The van der Waals surface area contributed by atoms with Crippen LogP contribution in [-0.4, -0.2) is 15.7 Å². The van der Waals surface area contributed by atoms with Crippen molar-refractivity contribution in [3.63, 3.8) is 0 Å². The first-order valence-corrected chi connectivity index (χ1v) is 7.82. The molecule has 0 atom stereocenters. The molecule has 3 aromatic rings. The summed E-state index contributed by atoms with van der Waals surface area (Å²) in [4.78, 5) is 12.0. The van der Waals surface area contributed by atoms with Gasteiger partial charge in [-0.15, -0.1) is 0 Å². The van der Waals surface area contributed by atoms with Gasteiger partial charge in [0, 0.05) is 24.0 Å². The lowest BCUT2D eigenvalue weighted by molar-refractivity contribution is -0.111. The Kier molecular flexibility index (Phi) is 5.07. The molecule has 0 aliphatic heterocycles. The van der Waals surface area contributed by atoms with Gasteiger partial charge in [-0.25, -0.2) is 4.68 Å². The lowest BCUT2D eigenvalue weighted by Gasteiger charge is -2.04. The molecule has 2 aromatic carbocycles. The number of nitrogens with two attached hydrogens (primary N) is 1. The average molecular weight is 330 g/mol. The van der Waals surface area contributed by atoms with E-state index in [2.05, 4.69) is 10.4 Å². The summed E-state index contributed by atoms with van der Waals surface area (Å²) in [5, 5.41) is 6.98. The number of nitrogens with one attached hydrogen (secondary N) is 1. The topological polar surface area (TPSA) is 72.9 Å². The van der Waals surface area contributed by atoms with Crippen LogP contribution in [0.4, 0.5) is 11.4 Å². The van der Waals surface area contributed by atoms with Gasteiger partial charge < -0.3 is 11.1 Å². The minimum absolute atomic E-state index is 0.245. The van der Waals surface area contributed by atoms with Gasteiger partial charge in [-0.1, -0.05) is 42.5 Å². The Bertz CT molecular complexity index is 910. The quantitative estimate of drug-likeness (QED) is 0.553. The molecule has 0 spiro atoms. The number of amides is 1. The number of aromatic nitrogens is 2. The van der Waals surface area contributed by atoms with Gasteiger partial charge >= 0.3 is 0 Å². The van der Waals surface area contributed by atoms with E-state index in [-0.39, 0.29) is 5.91 Å². The van der Waals surface area contributed by atoms with Gasteiger partial charge in [0.05, 0.1) is 17.6 Å². The van der Waals surface area contributed by atoms with Crippen LogP contribution in [0.2, 0.25) is 0 Å². The molecule has 5 nitrogen and oxygen atoms in total. The van der Waals surface area contributed by atoms with Crippen molar-refractivity contribution < 1.29 is 4.79 Å². The third kappa shape index (κ3) is 4.68. The Morgan fingerprint density at radius 2 is 1.76 bits per heavy atom. The van der Waals surface area contributed by atoms with Crippen molar-refractivity contribution in [3.8, 4) is 0 Å². The van der Waals surface area contributed by atoms with Crippen LogP contribution in [0.5, 0.6) is 0 Å². The molecule has 0 aliphatic rings. The third-order valence-electron chi connectivity index (χ3n) is 3.49. The van der Waals surface area contributed by atoms with E-state index in [9.17, 15) is 4.79 Å². The fourth-order valence-corrected chi connectivity index (χ4v) is 2.20. The van der Waals surface area contributed by atoms with Crippen LogP contribution in [0, 0.1) is 0 Å². The van der Waals surface area contributed by atoms with Crippen molar-refractivity contribution in [2.24, 2.45) is 0 Å². The average Bonchev–Trinajstić information content (AvgIpc) is 3.09. The standard InChI is InChI=1S/C20H18N4O/c21-18-8-4-5-9-19(18)23-20(25)11-10-17-14-22-24(15-17)13-12-16-6-2-1-3-7-16/h1-15H,21H2,(H,23,25)/b11-10+,13-12+. The van der Waals surface area contributed by atoms with Gasteiger partial charge in [0.2, 0.25) is 5.91 Å². The van der Waals surface area contributed by atoms with Crippen LogP contribution >= 0.6 is 0 Å².